The summed E-state index contributed by atoms with van der Waals surface area (Å²) in [7, 11) is 0. The van der Waals surface area contributed by atoms with E-state index in [1.165, 1.54) is 30.9 Å². The Bertz CT molecular complexity index is 1010. The van der Waals surface area contributed by atoms with E-state index in [9.17, 15) is 14.9 Å². The molecule has 1 saturated carbocycles. The topological polar surface area (TPSA) is 95.7 Å². The molecule has 2 aromatic carbocycles. The molecule has 2 N–H and O–H groups in total. The molecule has 5 rings (SSSR count). The maximum absolute atomic E-state index is 13.2. The Morgan fingerprint density at radius 1 is 1.12 bits per heavy atom. The number of piperidine rings is 1. The highest BCUT2D eigenvalue weighted by atomic mass is 16.6. The van der Waals surface area contributed by atoms with Crippen LogP contribution in [0.15, 0.2) is 42.5 Å². The van der Waals surface area contributed by atoms with Crippen LogP contribution < -0.4 is 10.2 Å². The van der Waals surface area contributed by atoms with Crippen molar-refractivity contribution >= 4 is 17.3 Å². The molecule has 2 aromatic rings. The standard InChI is InChI=1S/C20H21N3O3.C6H12O/c1-14-6-7-15(12-18(14)23(25)26)19(24)22-13-20(8-10-21-11-9-20)16-4-2-3-5-17(16)22;7-6-4-2-1-3-5-6/h2-7,12,21H,8-11,13H2,1H3;6-7H,1-5H2. The molecule has 7 heteroatoms. The van der Waals surface area contributed by atoms with Crippen molar-refractivity contribution in [3.8, 4) is 0 Å². The van der Waals surface area contributed by atoms with E-state index in [4.69, 9.17) is 5.11 Å². The van der Waals surface area contributed by atoms with Crippen LogP contribution in [-0.4, -0.2) is 41.7 Å². The summed E-state index contributed by atoms with van der Waals surface area (Å²) < 4.78 is 0. The lowest BCUT2D eigenvalue weighted by molar-refractivity contribution is -0.385. The van der Waals surface area contributed by atoms with Gasteiger partial charge in [0.1, 0.15) is 0 Å². The number of carbonyl (C=O) groups excluding carboxylic acids is 1. The summed E-state index contributed by atoms with van der Waals surface area (Å²) in [4.78, 5) is 25.8. The molecule has 0 atom stereocenters. The Balaban J connectivity index is 0.000000318. The summed E-state index contributed by atoms with van der Waals surface area (Å²) in [5, 5.41) is 23.5. The van der Waals surface area contributed by atoms with E-state index in [0.717, 1.165) is 44.5 Å². The van der Waals surface area contributed by atoms with Gasteiger partial charge in [0.15, 0.2) is 0 Å². The van der Waals surface area contributed by atoms with Crippen LogP contribution in [0.25, 0.3) is 0 Å². The minimum absolute atomic E-state index is 0.0140. The zero-order valence-electron chi connectivity index (χ0n) is 19.3. The SMILES string of the molecule is Cc1ccc(C(=O)N2CC3(CCNCC3)c3ccccc32)cc1[N+](=O)[O-].OC1CCCCC1. The number of nitrogens with zero attached hydrogens (tertiary/aromatic N) is 2. The Morgan fingerprint density at radius 2 is 1.82 bits per heavy atom. The molecule has 0 bridgehead atoms. The van der Waals surface area contributed by atoms with Crippen molar-refractivity contribution in [2.24, 2.45) is 0 Å². The first-order chi connectivity index (χ1) is 15.9. The molecule has 2 fully saturated rings. The van der Waals surface area contributed by atoms with E-state index in [-0.39, 0.29) is 23.1 Å². The molecular formula is C26H33N3O4. The molecular weight excluding hydrogens is 418 g/mol. The fourth-order valence-electron chi connectivity index (χ4n) is 5.32. The number of hydrogen-bond donors (Lipinski definition) is 2. The summed E-state index contributed by atoms with van der Waals surface area (Å²) >= 11 is 0. The van der Waals surface area contributed by atoms with Crippen LogP contribution in [-0.2, 0) is 5.41 Å². The molecule has 2 aliphatic heterocycles. The van der Waals surface area contributed by atoms with Gasteiger partial charge in [0.05, 0.1) is 11.0 Å². The van der Waals surface area contributed by atoms with Crippen LogP contribution >= 0.6 is 0 Å². The van der Waals surface area contributed by atoms with Gasteiger partial charge in [0.25, 0.3) is 11.6 Å². The number of nitrogens with one attached hydrogen (secondary N) is 1. The van der Waals surface area contributed by atoms with Crippen molar-refractivity contribution in [2.75, 3.05) is 24.5 Å². The van der Waals surface area contributed by atoms with Crippen LogP contribution in [0.1, 0.15) is 66.4 Å². The Morgan fingerprint density at radius 3 is 2.45 bits per heavy atom. The second-order valence-electron chi connectivity index (χ2n) is 9.49. The second kappa shape index (κ2) is 10.0. The first-order valence-electron chi connectivity index (χ1n) is 12.0. The van der Waals surface area contributed by atoms with Crippen LogP contribution in [0.4, 0.5) is 11.4 Å². The van der Waals surface area contributed by atoms with Gasteiger partial charge < -0.3 is 15.3 Å². The number of nitro benzene ring substituents is 1. The Hall–Kier alpha value is -2.77. The second-order valence-corrected chi connectivity index (χ2v) is 9.49. The molecule has 176 valence electrons. The number of aryl methyl sites for hydroxylation is 1. The Kier molecular flexibility index (Phi) is 7.10. The van der Waals surface area contributed by atoms with Gasteiger partial charge in [-0.15, -0.1) is 0 Å². The number of rotatable bonds is 2. The van der Waals surface area contributed by atoms with E-state index >= 15 is 0 Å². The molecule has 0 aromatic heterocycles. The lowest BCUT2D eigenvalue weighted by Crippen LogP contribution is -2.44. The first-order valence-corrected chi connectivity index (χ1v) is 12.0. The van der Waals surface area contributed by atoms with Gasteiger partial charge in [0, 0.05) is 34.8 Å². The lowest BCUT2D eigenvalue weighted by atomic mass is 9.75. The monoisotopic (exact) mass is 451 g/mol. The predicted molar refractivity (Wildman–Crippen MR) is 129 cm³/mol. The van der Waals surface area contributed by atoms with Crippen LogP contribution in [0.5, 0.6) is 0 Å². The smallest absolute Gasteiger partial charge is 0.273 e. The third-order valence-corrected chi connectivity index (χ3v) is 7.26. The number of aliphatic hydroxyl groups is 1. The maximum atomic E-state index is 13.2. The fraction of sp³-hybridized carbons (Fsp3) is 0.500. The highest BCUT2D eigenvalue weighted by Gasteiger charge is 2.45. The van der Waals surface area contributed by atoms with Crippen LogP contribution in [0, 0.1) is 17.0 Å². The lowest BCUT2D eigenvalue weighted by Gasteiger charge is -2.34. The molecule has 3 aliphatic rings. The number of carbonyl (C=O) groups is 1. The van der Waals surface area contributed by atoms with Crippen molar-refractivity contribution in [1.82, 2.24) is 5.32 Å². The van der Waals surface area contributed by atoms with Crippen LogP contribution in [0.3, 0.4) is 0 Å². The molecule has 2 heterocycles. The first kappa shape index (κ1) is 23.4. The average Bonchev–Trinajstić information content (AvgIpc) is 3.14. The molecule has 7 nitrogen and oxygen atoms in total. The quantitative estimate of drug-likeness (QED) is 0.518. The van der Waals surface area contributed by atoms with Crippen molar-refractivity contribution in [2.45, 2.75) is 63.4 Å². The number of benzene rings is 2. The van der Waals surface area contributed by atoms with Crippen molar-refractivity contribution < 1.29 is 14.8 Å². The number of amides is 1. The summed E-state index contributed by atoms with van der Waals surface area (Å²) in [6, 6.07) is 12.8. The average molecular weight is 452 g/mol. The van der Waals surface area contributed by atoms with Gasteiger partial charge in [-0.3, -0.25) is 14.9 Å². The number of fused-ring (bicyclic) bond motifs is 2. The molecule has 0 radical (unpaired) electrons. The number of anilines is 1. The third-order valence-electron chi connectivity index (χ3n) is 7.26. The summed E-state index contributed by atoms with van der Waals surface area (Å²) in [5.74, 6) is -0.170. The molecule has 0 unspecified atom stereocenters. The highest BCUT2D eigenvalue weighted by molar-refractivity contribution is 6.08. The Labute approximate surface area is 195 Å². The van der Waals surface area contributed by atoms with Gasteiger partial charge in [-0.1, -0.05) is 43.5 Å². The van der Waals surface area contributed by atoms with E-state index in [0.29, 0.717) is 17.7 Å². The summed E-state index contributed by atoms with van der Waals surface area (Å²) in [6.07, 6.45) is 7.90. The van der Waals surface area contributed by atoms with Gasteiger partial charge >= 0.3 is 0 Å². The van der Waals surface area contributed by atoms with Crippen molar-refractivity contribution in [1.29, 1.82) is 0 Å². The summed E-state index contributed by atoms with van der Waals surface area (Å²) in [5.41, 5.74) is 3.04. The zero-order chi connectivity index (χ0) is 23.4. The number of aliphatic hydroxyl groups excluding tert-OH is 1. The fourth-order valence-corrected chi connectivity index (χ4v) is 5.32. The number of hydrogen-bond acceptors (Lipinski definition) is 5. The number of nitro groups is 1. The summed E-state index contributed by atoms with van der Waals surface area (Å²) in [6.45, 7) is 4.19. The highest BCUT2D eigenvalue weighted by Crippen LogP contribution is 2.46. The van der Waals surface area contributed by atoms with Crippen molar-refractivity contribution in [3.63, 3.8) is 0 Å². The maximum Gasteiger partial charge on any atom is 0.273 e. The largest absolute Gasteiger partial charge is 0.393 e. The third kappa shape index (κ3) is 4.94. The van der Waals surface area contributed by atoms with E-state index in [2.05, 4.69) is 11.4 Å². The van der Waals surface area contributed by atoms with E-state index < -0.39 is 4.92 Å². The minimum Gasteiger partial charge on any atom is -0.393 e. The molecule has 33 heavy (non-hydrogen) atoms. The van der Waals surface area contributed by atoms with Gasteiger partial charge in [0.2, 0.25) is 0 Å². The normalized spacial score (nSPS) is 19.5. The molecule has 1 aliphatic carbocycles. The minimum atomic E-state index is -0.432. The molecule has 1 amide bonds. The molecule has 1 spiro atoms. The van der Waals surface area contributed by atoms with Gasteiger partial charge in [-0.25, -0.2) is 0 Å². The van der Waals surface area contributed by atoms with E-state index in [1.54, 1.807) is 24.0 Å². The number of para-hydroxylation sites is 1. The van der Waals surface area contributed by atoms with Gasteiger partial charge in [-0.05, 0) is 63.4 Å². The van der Waals surface area contributed by atoms with Crippen molar-refractivity contribution in [3.05, 3.63) is 69.3 Å². The zero-order valence-corrected chi connectivity index (χ0v) is 19.3. The van der Waals surface area contributed by atoms with Gasteiger partial charge in [-0.2, -0.15) is 0 Å². The predicted octanol–water partition coefficient (Wildman–Crippen LogP) is 4.50. The molecule has 1 saturated heterocycles. The van der Waals surface area contributed by atoms with Crippen LogP contribution in [0.2, 0.25) is 0 Å². The van der Waals surface area contributed by atoms with E-state index in [1.807, 2.05) is 18.2 Å².